The summed E-state index contributed by atoms with van der Waals surface area (Å²) >= 11 is 1.87. The first-order valence-electron chi connectivity index (χ1n) is 10.9. The smallest absolute Gasteiger partial charge is 0.290 e. The Balaban J connectivity index is 1.42. The molecule has 0 radical (unpaired) electrons. The van der Waals surface area contributed by atoms with Crippen molar-refractivity contribution in [2.45, 2.75) is 76.0 Å². The van der Waals surface area contributed by atoms with Crippen LogP contribution in [0.5, 0.6) is 0 Å². The van der Waals surface area contributed by atoms with E-state index in [0.29, 0.717) is 12.2 Å². The first-order chi connectivity index (χ1) is 13.7. The van der Waals surface area contributed by atoms with Crippen molar-refractivity contribution in [3.05, 3.63) is 24.2 Å². The van der Waals surface area contributed by atoms with Gasteiger partial charge in [-0.05, 0) is 31.4 Å². The van der Waals surface area contributed by atoms with Gasteiger partial charge in [-0.15, -0.1) is 11.8 Å². The molecule has 0 unspecified atom stereocenters. The monoisotopic (exact) mass is 406 g/mol. The molecule has 1 aromatic rings. The number of carbonyl (C=O) groups is 2. The van der Waals surface area contributed by atoms with Crippen molar-refractivity contribution in [3.8, 4) is 0 Å². The van der Waals surface area contributed by atoms with Crippen LogP contribution in [0.15, 0.2) is 22.8 Å². The summed E-state index contributed by atoms with van der Waals surface area (Å²) in [5.41, 5.74) is 0. The lowest BCUT2D eigenvalue weighted by molar-refractivity contribution is -0.132. The number of nitrogens with zero attached hydrogens (tertiary/aromatic N) is 2. The SMILES string of the molecule is CCCCCCCCCC(=O)N1CCC2(CC1)SCCN2C(=O)c1ccco1. The number of hydrogen-bond acceptors (Lipinski definition) is 4. The first-order valence-corrected chi connectivity index (χ1v) is 11.9. The minimum absolute atomic E-state index is 0.0159. The molecule has 1 spiro atoms. The highest BCUT2D eigenvalue weighted by molar-refractivity contribution is 8.00. The predicted octanol–water partition coefficient (Wildman–Crippen LogP) is 4.93. The number of furan rings is 1. The highest BCUT2D eigenvalue weighted by Crippen LogP contribution is 2.44. The molecule has 2 amide bonds. The number of carbonyl (C=O) groups excluding carboxylic acids is 2. The average molecular weight is 407 g/mol. The van der Waals surface area contributed by atoms with Crippen molar-refractivity contribution in [3.63, 3.8) is 0 Å². The van der Waals surface area contributed by atoms with Crippen molar-refractivity contribution in [1.82, 2.24) is 9.80 Å². The summed E-state index contributed by atoms with van der Waals surface area (Å²) in [5, 5.41) is 0. The predicted molar refractivity (Wildman–Crippen MR) is 113 cm³/mol. The summed E-state index contributed by atoms with van der Waals surface area (Å²) in [6.07, 6.45) is 12.6. The quantitative estimate of drug-likeness (QED) is 0.546. The van der Waals surface area contributed by atoms with E-state index in [-0.39, 0.29) is 16.7 Å². The molecule has 2 aliphatic heterocycles. The Morgan fingerprint density at radius 3 is 2.46 bits per heavy atom. The van der Waals surface area contributed by atoms with E-state index in [1.54, 1.807) is 18.4 Å². The van der Waals surface area contributed by atoms with Gasteiger partial charge in [0.2, 0.25) is 5.91 Å². The molecule has 3 heterocycles. The van der Waals surface area contributed by atoms with E-state index < -0.39 is 0 Å². The van der Waals surface area contributed by atoms with E-state index in [9.17, 15) is 9.59 Å². The first kappa shape index (κ1) is 21.3. The third-order valence-corrected chi connectivity index (χ3v) is 7.60. The van der Waals surface area contributed by atoms with Crippen LogP contribution in [0.4, 0.5) is 0 Å². The van der Waals surface area contributed by atoms with Gasteiger partial charge < -0.3 is 14.2 Å². The number of unbranched alkanes of at least 4 members (excludes halogenated alkanes) is 6. The summed E-state index contributed by atoms with van der Waals surface area (Å²) in [4.78, 5) is 29.2. The van der Waals surface area contributed by atoms with Gasteiger partial charge in [0, 0.05) is 31.8 Å². The number of piperidine rings is 1. The maximum absolute atomic E-state index is 12.8. The molecule has 0 atom stereocenters. The number of rotatable bonds is 9. The van der Waals surface area contributed by atoms with Gasteiger partial charge in [0.05, 0.1) is 11.1 Å². The number of likely N-dealkylation sites (tertiary alicyclic amines) is 1. The summed E-state index contributed by atoms with van der Waals surface area (Å²) < 4.78 is 5.32. The van der Waals surface area contributed by atoms with E-state index >= 15 is 0 Å². The second kappa shape index (κ2) is 10.4. The highest BCUT2D eigenvalue weighted by Gasteiger charge is 2.47. The van der Waals surface area contributed by atoms with Crippen molar-refractivity contribution in [2.24, 2.45) is 0 Å². The zero-order valence-corrected chi connectivity index (χ0v) is 18.0. The standard InChI is InChI=1S/C22H34N2O3S/c1-2-3-4-5-6-7-8-11-20(25)23-14-12-22(13-15-23)24(16-18-28-22)21(26)19-10-9-17-27-19/h9-10,17H,2-8,11-16,18H2,1H3. The van der Waals surface area contributed by atoms with Crippen LogP contribution in [0, 0.1) is 0 Å². The Kier molecular flexibility index (Phi) is 7.89. The Hall–Kier alpha value is -1.43. The van der Waals surface area contributed by atoms with E-state index in [4.69, 9.17) is 4.42 Å². The van der Waals surface area contributed by atoms with Crippen LogP contribution in [0.3, 0.4) is 0 Å². The third-order valence-electron chi connectivity index (χ3n) is 6.05. The molecule has 6 heteroatoms. The molecule has 0 saturated carbocycles. The zero-order valence-electron chi connectivity index (χ0n) is 17.2. The molecule has 3 rings (SSSR count). The molecule has 156 valence electrons. The van der Waals surface area contributed by atoms with Gasteiger partial charge in [0.1, 0.15) is 0 Å². The van der Waals surface area contributed by atoms with E-state index in [0.717, 1.165) is 51.1 Å². The largest absolute Gasteiger partial charge is 0.459 e. The van der Waals surface area contributed by atoms with Gasteiger partial charge in [-0.25, -0.2) is 0 Å². The lowest BCUT2D eigenvalue weighted by Gasteiger charge is -2.43. The van der Waals surface area contributed by atoms with E-state index in [2.05, 4.69) is 6.92 Å². The van der Waals surface area contributed by atoms with Crippen LogP contribution in [-0.4, -0.2) is 51.9 Å². The number of thioether (sulfide) groups is 1. The van der Waals surface area contributed by atoms with Gasteiger partial charge >= 0.3 is 0 Å². The summed E-state index contributed by atoms with van der Waals surface area (Å²) in [6.45, 7) is 4.50. The molecule has 2 aliphatic rings. The molecular weight excluding hydrogens is 372 g/mol. The Bertz CT molecular complexity index is 624. The minimum Gasteiger partial charge on any atom is -0.459 e. The topological polar surface area (TPSA) is 53.8 Å². The fourth-order valence-corrected chi connectivity index (χ4v) is 5.79. The van der Waals surface area contributed by atoms with Crippen molar-refractivity contribution in [1.29, 1.82) is 0 Å². The molecule has 0 bridgehead atoms. The molecule has 0 N–H and O–H groups in total. The molecule has 2 saturated heterocycles. The zero-order chi connectivity index (χ0) is 19.8. The fourth-order valence-electron chi connectivity index (χ4n) is 4.34. The van der Waals surface area contributed by atoms with Gasteiger partial charge in [-0.2, -0.15) is 0 Å². The summed E-state index contributed by atoms with van der Waals surface area (Å²) in [7, 11) is 0. The van der Waals surface area contributed by atoms with Crippen LogP contribution in [-0.2, 0) is 4.79 Å². The summed E-state index contributed by atoms with van der Waals surface area (Å²) in [5.74, 6) is 1.64. The van der Waals surface area contributed by atoms with Crippen LogP contribution in [0.1, 0.15) is 81.7 Å². The van der Waals surface area contributed by atoms with Gasteiger partial charge in [-0.3, -0.25) is 9.59 Å². The van der Waals surface area contributed by atoms with Crippen LogP contribution in [0.25, 0.3) is 0 Å². The van der Waals surface area contributed by atoms with Gasteiger partial charge in [-0.1, -0.05) is 45.4 Å². The number of amides is 2. The van der Waals surface area contributed by atoms with Crippen molar-refractivity contribution in [2.75, 3.05) is 25.4 Å². The molecule has 28 heavy (non-hydrogen) atoms. The molecule has 0 aliphatic carbocycles. The molecule has 1 aromatic heterocycles. The van der Waals surface area contributed by atoms with E-state index in [1.165, 1.54) is 32.1 Å². The normalized spacial score (nSPS) is 18.8. The van der Waals surface area contributed by atoms with Crippen LogP contribution in [0.2, 0.25) is 0 Å². The second-order valence-electron chi connectivity index (χ2n) is 7.98. The Morgan fingerprint density at radius 1 is 1.07 bits per heavy atom. The lowest BCUT2D eigenvalue weighted by Crippen LogP contribution is -2.53. The average Bonchev–Trinajstić information content (AvgIpc) is 3.38. The maximum atomic E-state index is 12.8. The van der Waals surface area contributed by atoms with Crippen LogP contribution < -0.4 is 0 Å². The Morgan fingerprint density at radius 2 is 1.79 bits per heavy atom. The summed E-state index contributed by atoms with van der Waals surface area (Å²) in [6, 6.07) is 3.49. The van der Waals surface area contributed by atoms with Gasteiger partial charge in [0.25, 0.3) is 5.91 Å². The minimum atomic E-state index is -0.167. The lowest BCUT2D eigenvalue weighted by atomic mass is 10.0. The fraction of sp³-hybridized carbons (Fsp3) is 0.727. The van der Waals surface area contributed by atoms with Crippen molar-refractivity contribution < 1.29 is 14.0 Å². The molecule has 2 fully saturated rings. The maximum Gasteiger partial charge on any atom is 0.290 e. The molecular formula is C22H34N2O3S. The van der Waals surface area contributed by atoms with Crippen LogP contribution >= 0.6 is 11.8 Å². The van der Waals surface area contributed by atoms with Gasteiger partial charge in [0.15, 0.2) is 5.76 Å². The number of hydrogen-bond donors (Lipinski definition) is 0. The van der Waals surface area contributed by atoms with E-state index in [1.807, 2.05) is 21.6 Å². The second-order valence-corrected chi connectivity index (χ2v) is 9.44. The molecule has 0 aromatic carbocycles. The Labute approximate surface area is 173 Å². The third kappa shape index (κ3) is 5.13. The molecule has 5 nitrogen and oxygen atoms in total. The highest BCUT2D eigenvalue weighted by atomic mass is 32.2. The van der Waals surface area contributed by atoms with Crippen molar-refractivity contribution >= 4 is 23.6 Å².